The topological polar surface area (TPSA) is 96.0 Å². The Morgan fingerprint density at radius 1 is 0.976 bits per heavy atom. The molecular formula is C31H38ClN3O5S2. The Balaban J connectivity index is 2.11. The first-order valence-corrected chi connectivity index (χ1v) is 16.8. The van der Waals surface area contributed by atoms with Crippen molar-refractivity contribution in [1.82, 2.24) is 10.2 Å². The van der Waals surface area contributed by atoms with Crippen LogP contribution in [0, 0.1) is 0 Å². The van der Waals surface area contributed by atoms with Crippen molar-refractivity contribution in [2.75, 3.05) is 23.7 Å². The van der Waals surface area contributed by atoms with Crippen LogP contribution in [-0.4, -0.2) is 56.6 Å². The summed E-state index contributed by atoms with van der Waals surface area (Å²) in [5.74, 6) is -0.524. The molecule has 0 heterocycles. The maximum absolute atomic E-state index is 14.2. The van der Waals surface area contributed by atoms with E-state index in [9.17, 15) is 18.0 Å². The Labute approximate surface area is 258 Å². The van der Waals surface area contributed by atoms with Crippen molar-refractivity contribution in [2.45, 2.75) is 62.5 Å². The molecule has 0 spiro atoms. The van der Waals surface area contributed by atoms with Gasteiger partial charge in [0.05, 0.1) is 17.2 Å². The normalized spacial score (nSPS) is 12.1. The van der Waals surface area contributed by atoms with Crippen LogP contribution in [0.25, 0.3) is 0 Å². The van der Waals surface area contributed by atoms with Gasteiger partial charge in [-0.05, 0) is 87.5 Å². The van der Waals surface area contributed by atoms with E-state index in [2.05, 4.69) is 5.32 Å². The highest BCUT2D eigenvalue weighted by Gasteiger charge is 2.35. The molecule has 2 amide bonds. The van der Waals surface area contributed by atoms with Crippen molar-refractivity contribution in [2.24, 2.45) is 0 Å². The first-order chi connectivity index (χ1) is 20.0. The second kappa shape index (κ2) is 15.3. The molecule has 226 valence electrons. The summed E-state index contributed by atoms with van der Waals surface area (Å²) in [5.41, 5.74) is 0.980. The Hall–Kier alpha value is -3.21. The van der Waals surface area contributed by atoms with E-state index in [0.717, 1.165) is 14.8 Å². The van der Waals surface area contributed by atoms with Gasteiger partial charge in [0.15, 0.2) is 0 Å². The minimum atomic E-state index is -4.22. The predicted octanol–water partition coefficient (Wildman–Crippen LogP) is 5.99. The zero-order valence-corrected chi connectivity index (χ0v) is 26.9. The van der Waals surface area contributed by atoms with Gasteiger partial charge in [-0.2, -0.15) is 0 Å². The summed E-state index contributed by atoms with van der Waals surface area (Å²) in [5, 5.41) is 3.43. The molecule has 0 aliphatic carbocycles. The molecule has 0 aliphatic heterocycles. The third-order valence-electron chi connectivity index (χ3n) is 6.44. The molecule has 0 radical (unpaired) electrons. The maximum Gasteiger partial charge on any atom is 0.264 e. The van der Waals surface area contributed by atoms with Gasteiger partial charge in [0.1, 0.15) is 18.3 Å². The fourth-order valence-electron chi connectivity index (χ4n) is 4.42. The summed E-state index contributed by atoms with van der Waals surface area (Å²) in [6.45, 7) is 7.15. The van der Waals surface area contributed by atoms with Gasteiger partial charge >= 0.3 is 0 Å². The van der Waals surface area contributed by atoms with E-state index < -0.39 is 28.5 Å². The third-order valence-corrected chi connectivity index (χ3v) is 9.21. The lowest BCUT2D eigenvalue weighted by atomic mass is 10.1. The molecule has 1 N–H and O–H groups in total. The average Bonchev–Trinajstić information content (AvgIpc) is 2.97. The maximum atomic E-state index is 14.2. The summed E-state index contributed by atoms with van der Waals surface area (Å²) in [6, 6.07) is 19.2. The molecule has 0 fully saturated rings. The van der Waals surface area contributed by atoms with Gasteiger partial charge in [0.25, 0.3) is 10.0 Å². The van der Waals surface area contributed by atoms with Crippen molar-refractivity contribution in [3.63, 3.8) is 0 Å². The van der Waals surface area contributed by atoms with Gasteiger partial charge in [-0.3, -0.25) is 13.9 Å². The fourth-order valence-corrected chi connectivity index (χ4v) is 6.37. The SMILES string of the molecule is CCOc1ccccc1N(CC(=O)N(Cc1ccc(Cl)cc1)[C@@H](CC)C(=O)NC(C)C)S(=O)(=O)c1ccc(SC)cc1. The molecule has 3 aromatic carbocycles. The lowest BCUT2D eigenvalue weighted by molar-refractivity contribution is -0.140. The predicted molar refractivity (Wildman–Crippen MR) is 170 cm³/mol. The number of anilines is 1. The van der Waals surface area contributed by atoms with E-state index >= 15 is 0 Å². The number of ether oxygens (including phenoxy) is 1. The highest BCUT2D eigenvalue weighted by molar-refractivity contribution is 7.98. The summed E-state index contributed by atoms with van der Waals surface area (Å²) in [7, 11) is -4.22. The van der Waals surface area contributed by atoms with Crippen LogP contribution < -0.4 is 14.4 Å². The van der Waals surface area contributed by atoms with Crippen LogP contribution in [0.4, 0.5) is 5.69 Å². The highest BCUT2D eigenvalue weighted by atomic mass is 35.5. The van der Waals surface area contributed by atoms with E-state index in [1.54, 1.807) is 67.6 Å². The number of para-hydroxylation sites is 2. The molecule has 0 aromatic heterocycles. The lowest BCUT2D eigenvalue weighted by Crippen LogP contribution is -2.53. The van der Waals surface area contributed by atoms with Gasteiger partial charge < -0.3 is 15.0 Å². The molecule has 8 nitrogen and oxygen atoms in total. The second-order valence-corrected chi connectivity index (χ2v) is 13.0. The minimum absolute atomic E-state index is 0.0354. The quantitative estimate of drug-likeness (QED) is 0.220. The average molecular weight is 632 g/mol. The number of nitrogens with one attached hydrogen (secondary N) is 1. The number of hydrogen-bond acceptors (Lipinski definition) is 6. The Morgan fingerprint density at radius 3 is 2.19 bits per heavy atom. The molecule has 11 heteroatoms. The van der Waals surface area contributed by atoms with Gasteiger partial charge in [0.2, 0.25) is 11.8 Å². The lowest BCUT2D eigenvalue weighted by Gasteiger charge is -2.34. The Morgan fingerprint density at radius 2 is 1.62 bits per heavy atom. The smallest absolute Gasteiger partial charge is 0.264 e. The van der Waals surface area contributed by atoms with E-state index in [4.69, 9.17) is 16.3 Å². The van der Waals surface area contributed by atoms with E-state index in [0.29, 0.717) is 23.8 Å². The number of halogens is 1. The number of nitrogens with zero attached hydrogens (tertiary/aromatic N) is 2. The molecule has 1 atom stereocenters. The number of sulfonamides is 1. The largest absolute Gasteiger partial charge is 0.492 e. The van der Waals surface area contributed by atoms with Crippen molar-refractivity contribution < 1.29 is 22.7 Å². The molecule has 0 unspecified atom stereocenters. The van der Waals surface area contributed by atoms with E-state index in [1.807, 2.05) is 27.0 Å². The zero-order valence-electron chi connectivity index (χ0n) is 24.5. The van der Waals surface area contributed by atoms with Crippen molar-refractivity contribution in [3.8, 4) is 5.75 Å². The molecule has 0 aliphatic rings. The standard InChI is InChI=1S/C31H38ClN3O5S2/c1-6-27(31(37)33-22(3)4)34(20-23-12-14-24(32)15-13-23)30(36)21-35(28-10-8-9-11-29(28)40-7-2)42(38,39)26-18-16-25(41-5)17-19-26/h8-19,22,27H,6-7,20-21H2,1-5H3,(H,33,37)/t27-/m0/s1. The number of hydrogen-bond donors (Lipinski definition) is 1. The Kier molecular flexibility index (Phi) is 12.1. The van der Waals surface area contributed by atoms with Crippen LogP contribution in [0.2, 0.25) is 5.02 Å². The third kappa shape index (κ3) is 8.42. The summed E-state index contributed by atoms with van der Waals surface area (Å²) in [6.07, 6.45) is 2.23. The van der Waals surface area contributed by atoms with Crippen molar-refractivity contribution >= 4 is 50.9 Å². The monoisotopic (exact) mass is 631 g/mol. The van der Waals surface area contributed by atoms with Crippen LogP contribution >= 0.6 is 23.4 Å². The first-order valence-electron chi connectivity index (χ1n) is 13.7. The number of benzene rings is 3. The van der Waals surface area contributed by atoms with Gasteiger partial charge in [-0.15, -0.1) is 11.8 Å². The highest BCUT2D eigenvalue weighted by Crippen LogP contribution is 2.33. The van der Waals surface area contributed by atoms with Gasteiger partial charge in [0, 0.05) is 22.5 Å². The summed E-state index contributed by atoms with van der Waals surface area (Å²) >= 11 is 7.58. The molecule has 3 rings (SSSR count). The molecule has 3 aromatic rings. The number of amides is 2. The van der Waals surface area contributed by atoms with Gasteiger partial charge in [-0.1, -0.05) is 42.8 Å². The van der Waals surface area contributed by atoms with Crippen LogP contribution in [0.3, 0.4) is 0 Å². The zero-order chi connectivity index (χ0) is 30.9. The van der Waals surface area contributed by atoms with Crippen LogP contribution in [0.15, 0.2) is 82.6 Å². The van der Waals surface area contributed by atoms with E-state index in [-0.39, 0.29) is 29.1 Å². The molecular weight excluding hydrogens is 594 g/mol. The molecule has 0 saturated heterocycles. The summed E-state index contributed by atoms with van der Waals surface area (Å²) in [4.78, 5) is 29.8. The van der Waals surface area contributed by atoms with E-state index in [1.165, 1.54) is 28.8 Å². The van der Waals surface area contributed by atoms with Gasteiger partial charge in [-0.25, -0.2) is 8.42 Å². The minimum Gasteiger partial charge on any atom is -0.492 e. The molecule has 0 saturated carbocycles. The molecule has 0 bridgehead atoms. The number of thioether (sulfide) groups is 1. The number of carbonyl (C=O) groups is 2. The Bertz CT molecular complexity index is 1450. The second-order valence-electron chi connectivity index (χ2n) is 9.82. The summed E-state index contributed by atoms with van der Waals surface area (Å²) < 4.78 is 35.2. The first kappa shape index (κ1) is 33.3. The number of rotatable bonds is 14. The van der Waals surface area contributed by atoms with Crippen LogP contribution in [0.5, 0.6) is 5.75 Å². The van der Waals surface area contributed by atoms with Crippen LogP contribution in [-0.2, 0) is 26.2 Å². The van der Waals surface area contributed by atoms with Crippen LogP contribution in [0.1, 0.15) is 39.7 Å². The number of carbonyl (C=O) groups excluding carboxylic acids is 2. The fraction of sp³-hybridized carbons (Fsp3) is 0.355. The van der Waals surface area contributed by atoms with Crippen molar-refractivity contribution in [3.05, 3.63) is 83.4 Å². The molecule has 42 heavy (non-hydrogen) atoms. The van der Waals surface area contributed by atoms with Crippen molar-refractivity contribution in [1.29, 1.82) is 0 Å².